The van der Waals surface area contributed by atoms with Gasteiger partial charge in [-0.1, -0.05) is 25.0 Å². The molecule has 18 heteroatoms. The van der Waals surface area contributed by atoms with Crippen LogP contribution < -0.4 is 20.1 Å². The number of benzene rings is 1. The molecular weight excluding hydrogens is 760 g/mol. The Balaban J connectivity index is 1.31. The second-order valence-electron chi connectivity index (χ2n) is 14.9. The monoisotopic (exact) mass is 804 g/mol. The van der Waals surface area contributed by atoms with Crippen LogP contribution in [0.4, 0.5) is 4.79 Å². The first-order chi connectivity index (χ1) is 24.6. The lowest BCUT2D eigenvalue weighted by Crippen LogP contribution is -2.58. The van der Waals surface area contributed by atoms with Gasteiger partial charge in [-0.25, -0.2) is 13.2 Å². The summed E-state index contributed by atoms with van der Waals surface area (Å²) < 4.78 is 39.3. The summed E-state index contributed by atoms with van der Waals surface area (Å²) in [5.74, 6) is -1.41. The zero-order valence-electron chi connectivity index (χ0n) is 29.6. The summed E-state index contributed by atoms with van der Waals surface area (Å²) >= 11 is 3.47. The van der Waals surface area contributed by atoms with E-state index >= 15 is 0 Å². The minimum absolute atomic E-state index is 0.00408. The molecule has 2 aromatic rings. The van der Waals surface area contributed by atoms with Gasteiger partial charge in [-0.05, 0) is 98.6 Å². The van der Waals surface area contributed by atoms with E-state index in [1.165, 1.54) is 9.70 Å². The second kappa shape index (κ2) is 14.8. The Labute approximate surface area is 311 Å². The maximum absolute atomic E-state index is 14.4. The van der Waals surface area contributed by atoms with E-state index in [2.05, 4.69) is 46.7 Å². The fourth-order valence-electron chi connectivity index (χ4n) is 6.70. The summed E-state index contributed by atoms with van der Waals surface area (Å²) in [4.78, 5) is 58.1. The van der Waals surface area contributed by atoms with Crippen molar-refractivity contribution in [2.75, 3.05) is 13.7 Å². The molecule has 0 radical (unpaired) electrons. The maximum Gasteiger partial charge on any atom is 0.408 e. The third-order valence-electron chi connectivity index (χ3n) is 9.71. The van der Waals surface area contributed by atoms with Crippen LogP contribution in [0.2, 0.25) is 0 Å². The molecule has 6 rings (SSSR count). The summed E-state index contributed by atoms with van der Waals surface area (Å²) in [6.45, 7) is 5.17. The zero-order valence-corrected chi connectivity index (χ0v) is 32.0. The summed E-state index contributed by atoms with van der Waals surface area (Å²) in [7, 11) is -2.33. The highest BCUT2D eigenvalue weighted by molar-refractivity contribution is 9.10. The van der Waals surface area contributed by atoms with E-state index in [1.807, 2.05) is 12.2 Å². The molecule has 3 heterocycles. The molecule has 5 atom stereocenters. The number of halogens is 1. The van der Waals surface area contributed by atoms with E-state index in [0.29, 0.717) is 53.7 Å². The Hall–Kier alpha value is -4.06. The molecule has 3 fully saturated rings. The Kier molecular flexibility index (Phi) is 10.7. The first-order valence-corrected chi connectivity index (χ1v) is 19.9. The number of hydrogen-bond acceptors (Lipinski definition) is 11. The molecule has 3 N–H and O–H groups in total. The van der Waals surface area contributed by atoms with Crippen molar-refractivity contribution in [1.29, 1.82) is 0 Å². The number of ether oxygens (including phenoxy) is 2. The van der Waals surface area contributed by atoms with Gasteiger partial charge in [-0.2, -0.15) is 4.80 Å². The summed E-state index contributed by atoms with van der Waals surface area (Å²) in [5.41, 5.74) is -1.65. The average Bonchev–Trinajstić information content (AvgIpc) is 3.94. The molecule has 282 valence electrons. The molecule has 2 saturated carbocycles. The van der Waals surface area contributed by atoms with Gasteiger partial charge in [0.25, 0.3) is 5.91 Å². The number of aromatic nitrogens is 4. The Morgan fingerprint density at radius 1 is 1.12 bits per heavy atom. The van der Waals surface area contributed by atoms with E-state index in [4.69, 9.17) is 9.47 Å². The lowest BCUT2D eigenvalue weighted by atomic mass is 10.0. The summed E-state index contributed by atoms with van der Waals surface area (Å²) in [6, 6.07) is 2.62. The number of amides is 4. The van der Waals surface area contributed by atoms with Gasteiger partial charge in [0, 0.05) is 24.4 Å². The largest absolute Gasteiger partial charge is 0.496 e. The quantitative estimate of drug-likeness (QED) is 0.347. The molecule has 4 amide bonds. The van der Waals surface area contributed by atoms with Crippen molar-refractivity contribution in [1.82, 2.24) is 40.5 Å². The molecule has 4 aliphatic rings. The Bertz CT molecular complexity index is 1860. The van der Waals surface area contributed by atoms with Gasteiger partial charge in [0.15, 0.2) is 0 Å². The SMILES string of the molecule is COc1ccc(-c2nnn([C@@H]3C[C@H]4C(=O)N[C@@]5(C(=O)NS(=O)(=O)C6CC6)C[C@H]5/C=C\CCCCC[C@@H](NC(=O)OC(C)(C)C)C(=O)N4C3)n2)cc1Br. The number of allylic oxidation sites excluding steroid dienone is 1. The minimum atomic E-state index is -3.89. The minimum Gasteiger partial charge on any atom is -0.496 e. The Morgan fingerprint density at radius 3 is 2.58 bits per heavy atom. The van der Waals surface area contributed by atoms with Crippen LogP contribution >= 0.6 is 15.9 Å². The Morgan fingerprint density at radius 2 is 1.88 bits per heavy atom. The predicted molar refractivity (Wildman–Crippen MR) is 191 cm³/mol. The number of methoxy groups -OCH3 is 1. The van der Waals surface area contributed by atoms with Crippen molar-refractivity contribution in [3.63, 3.8) is 0 Å². The van der Waals surface area contributed by atoms with E-state index in [1.54, 1.807) is 46.1 Å². The van der Waals surface area contributed by atoms with Gasteiger partial charge < -0.3 is 25.0 Å². The van der Waals surface area contributed by atoms with Crippen molar-refractivity contribution < 1.29 is 37.1 Å². The molecule has 16 nitrogen and oxygen atoms in total. The smallest absolute Gasteiger partial charge is 0.408 e. The second-order valence-corrected chi connectivity index (χ2v) is 17.7. The molecule has 1 aromatic carbocycles. The molecule has 2 aliphatic carbocycles. The fraction of sp³-hybridized carbons (Fsp3) is 0.618. The highest BCUT2D eigenvalue weighted by Gasteiger charge is 2.62. The number of tetrazole rings is 1. The highest BCUT2D eigenvalue weighted by atomic mass is 79.9. The number of sulfonamides is 1. The summed E-state index contributed by atoms with van der Waals surface area (Å²) in [5, 5.41) is 18.0. The highest BCUT2D eigenvalue weighted by Crippen LogP contribution is 2.46. The molecule has 1 saturated heterocycles. The van der Waals surface area contributed by atoms with Gasteiger partial charge >= 0.3 is 6.09 Å². The van der Waals surface area contributed by atoms with Gasteiger partial charge in [0.1, 0.15) is 29.0 Å². The normalized spacial score (nSPS) is 27.6. The lowest BCUT2D eigenvalue weighted by Gasteiger charge is -2.30. The zero-order chi connectivity index (χ0) is 37.4. The predicted octanol–water partition coefficient (Wildman–Crippen LogP) is 3.15. The molecule has 0 spiro atoms. The van der Waals surface area contributed by atoms with Crippen LogP contribution in [-0.4, -0.2) is 99.5 Å². The molecule has 1 aromatic heterocycles. The number of rotatable bonds is 7. The molecule has 0 unspecified atom stereocenters. The van der Waals surface area contributed by atoms with E-state index in [-0.39, 0.29) is 19.4 Å². The van der Waals surface area contributed by atoms with Crippen LogP contribution in [0.25, 0.3) is 11.4 Å². The number of fused-ring (bicyclic) bond motifs is 2. The third kappa shape index (κ3) is 8.43. The number of nitrogens with one attached hydrogen (secondary N) is 3. The number of hydrogen-bond donors (Lipinski definition) is 3. The van der Waals surface area contributed by atoms with Crippen molar-refractivity contribution in [3.8, 4) is 17.1 Å². The van der Waals surface area contributed by atoms with Gasteiger partial charge in [0.05, 0.1) is 22.9 Å². The maximum atomic E-state index is 14.4. The van der Waals surface area contributed by atoms with Crippen LogP contribution in [0.3, 0.4) is 0 Å². The van der Waals surface area contributed by atoms with Crippen molar-refractivity contribution >= 4 is 49.8 Å². The van der Waals surface area contributed by atoms with E-state index in [9.17, 15) is 27.6 Å². The molecule has 0 bridgehead atoms. The van der Waals surface area contributed by atoms with Crippen LogP contribution in [0.15, 0.2) is 34.8 Å². The van der Waals surface area contributed by atoms with Crippen LogP contribution in [0.1, 0.15) is 84.6 Å². The van der Waals surface area contributed by atoms with Crippen LogP contribution in [0, 0.1) is 5.92 Å². The first kappa shape index (κ1) is 37.7. The van der Waals surface area contributed by atoms with Crippen LogP contribution in [-0.2, 0) is 29.1 Å². The molecule has 52 heavy (non-hydrogen) atoms. The van der Waals surface area contributed by atoms with Crippen molar-refractivity contribution in [2.24, 2.45) is 5.92 Å². The number of nitrogens with zero attached hydrogens (tertiary/aromatic N) is 5. The summed E-state index contributed by atoms with van der Waals surface area (Å²) in [6.07, 6.45) is 7.42. The van der Waals surface area contributed by atoms with Crippen LogP contribution in [0.5, 0.6) is 5.75 Å². The first-order valence-electron chi connectivity index (χ1n) is 17.6. The standard InChI is InChI=1S/C34H45BrN8O8S/c1-33(2,3)51-32(47)36-25-11-9-7-5-6-8-10-21-18-34(21,31(46)40-52(48,49)23-13-14-23)37-29(44)26-17-22(19-42(26)30(25)45)43-39-28(38-41-43)20-12-15-27(50-4)24(35)16-20/h8,10,12,15-16,21-23,25-26H,5-7,9,11,13-14,17-19H2,1-4H3,(H,36,47)(H,37,44)(H,40,46)/b10-8-/t21-,22-,25-,26+,34+/m1/s1. The third-order valence-corrected chi connectivity index (χ3v) is 12.2. The van der Waals surface area contributed by atoms with Gasteiger partial charge in [0.2, 0.25) is 27.7 Å². The molecular formula is C34H45BrN8O8S. The number of alkyl carbamates (subject to hydrolysis) is 1. The number of carbonyl (C=O) groups is 4. The van der Waals surface area contributed by atoms with Crippen molar-refractivity contribution in [3.05, 3.63) is 34.8 Å². The van der Waals surface area contributed by atoms with E-state index in [0.717, 1.165) is 12.8 Å². The van der Waals surface area contributed by atoms with E-state index < -0.39 is 74.3 Å². The average molecular weight is 806 g/mol. The molecule has 2 aliphatic heterocycles. The number of carbonyl (C=O) groups excluding carboxylic acids is 4. The van der Waals surface area contributed by atoms with Gasteiger partial charge in [-0.3, -0.25) is 19.1 Å². The fourth-order valence-corrected chi connectivity index (χ4v) is 8.60. The van der Waals surface area contributed by atoms with Crippen molar-refractivity contribution in [2.45, 2.75) is 113 Å². The topological polar surface area (TPSA) is 204 Å². The van der Waals surface area contributed by atoms with Gasteiger partial charge in [-0.15, -0.1) is 10.2 Å². The lowest BCUT2D eigenvalue weighted by molar-refractivity contribution is -0.141.